The van der Waals surface area contributed by atoms with Crippen LogP contribution in [0.25, 0.3) is 0 Å². The minimum Gasteiger partial charge on any atom is -0.324 e. The maximum Gasteiger partial charge on any atom is 0.325 e. The van der Waals surface area contributed by atoms with Gasteiger partial charge in [-0.1, -0.05) is 0 Å². The summed E-state index contributed by atoms with van der Waals surface area (Å²) in [5.41, 5.74) is 0. The molecule has 0 amide bonds. The first kappa shape index (κ1) is 11.7. The molecule has 48 valence electrons. The molecular weight excluding hydrogens is 139 g/mol. The molecule has 0 spiro atoms. The molecule has 0 fully saturated rings. The average Bonchev–Trinajstić information content (AvgIpc) is 1.30. The van der Waals surface area contributed by atoms with E-state index < -0.39 is 7.60 Å². The molecule has 0 saturated heterocycles. The Morgan fingerprint density at radius 3 is 2.12 bits per heavy atom. The summed E-state index contributed by atoms with van der Waals surface area (Å²) in [7, 11) is -3.17. The first-order valence-electron chi connectivity index (χ1n) is 2.01. The van der Waals surface area contributed by atoms with Gasteiger partial charge < -0.3 is 9.42 Å². The van der Waals surface area contributed by atoms with Crippen LogP contribution in [0.15, 0.2) is 0 Å². The minimum absolute atomic E-state index is 0. The van der Waals surface area contributed by atoms with E-state index in [1.54, 1.807) is 6.92 Å². The summed E-state index contributed by atoms with van der Waals surface area (Å²) in [5, 5.41) is 0. The van der Waals surface area contributed by atoms with Gasteiger partial charge in [-0.2, -0.15) is 0 Å². The Kier molecular flexibility index (Phi) is 6.95. The van der Waals surface area contributed by atoms with E-state index in [-0.39, 0.29) is 23.1 Å². The lowest BCUT2D eigenvalue weighted by Gasteiger charge is -2.00. The minimum atomic E-state index is -3.17. The highest BCUT2D eigenvalue weighted by atomic mass is 31.2. The van der Waals surface area contributed by atoms with Crippen molar-refractivity contribution in [3.63, 3.8) is 0 Å². The quantitative estimate of drug-likeness (QED) is 0.442. The van der Waals surface area contributed by atoms with Crippen LogP contribution in [0.3, 0.4) is 0 Å². The van der Waals surface area contributed by atoms with Gasteiger partial charge in [0.2, 0.25) is 0 Å². The van der Waals surface area contributed by atoms with Crippen molar-refractivity contribution < 1.29 is 14.0 Å². The summed E-state index contributed by atoms with van der Waals surface area (Å²) < 4.78 is 14.5. The molecule has 0 aliphatic carbocycles. The number of hydrogen-bond acceptors (Lipinski definition) is 2. The third-order valence-electron chi connectivity index (χ3n) is 0.369. The Bertz CT molecular complexity index is 88.5. The summed E-state index contributed by atoms with van der Waals surface area (Å²) in [6.07, 6.45) is 0. The van der Waals surface area contributed by atoms with E-state index in [0.717, 1.165) is 6.66 Å². The maximum atomic E-state index is 10.1. The first-order chi connectivity index (χ1) is 3.06. The van der Waals surface area contributed by atoms with Crippen LogP contribution in [0.2, 0.25) is 0 Å². The van der Waals surface area contributed by atoms with Gasteiger partial charge in [0.1, 0.15) is 0 Å². The Balaban J connectivity index is 0. The lowest BCUT2D eigenvalue weighted by atomic mass is 10.9. The van der Waals surface area contributed by atoms with Crippen molar-refractivity contribution in [3.8, 4) is 0 Å². The van der Waals surface area contributed by atoms with E-state index in [9.17, 15) is 4.57 Å². The highest BCUT2D eigenvalue weighted by Crippen LogP contribution is 2.35. The van der Waals surface area contributed by atoms with Crippen molar-refractivity contribution in [1.82, 2.24) is 0 Å². The molecule has 1 N–H and O–H groups in total. The molecule has 3 nitrogen and oxygen atoms in total. The van der Waals surface area contributed by atoms with Crippen molar-refractivity contribution in [2.75, 3.05) is 13.3 Å². The van der Waals surface area contributed by atoms with Gasteiger partial charge in [-0.3, -0.25) is 4.57 Å². The van der Waals surface area contributed by atoms with Crippen molar-refractivity contribution >= 4 is 30.6 Å². The van der Waals surface area contributed by atoms with Crippen LogP contribution in [0.5, 0.6) is 0 Å². The van der Waals surface area contributed by atoms with E-state index in [0.29, 0.717) is 6.61 Å². The van der Waals surface area contributed by atoms with E-state index in [1.165, 1.54) is 0 Å². The van der Waals surface area contributed by atoms with E-state index in [1.807, 2.05) is 0 Å². The van der Waals surface area contributed by atoms with Crippen molar-refractivity contribution in [2.24, 2.45) is 0 Å². The summed E-state index contributed by atoms with van der Waals surface area (Å²) in [4.78, 5) is 8.35. The van der Waals surface area contributed by atoms with Gasteiger partial charge in [-0.15, -0.1) is 0 Å². The average molecular weight is 150 g/mol. The van der Waals surface area contributed by atoms with Crippen LogP contribution in [-0.2, 0) is 9.09 Å². The van der Waals surface area contributed by atoms with Crippen LogP contribution in [0.1, 0.15) is 6.92 Å². The number of hydrogen-bond donors (Lipinski definition) is 1. The molecule has 1 atom stereocenters. The van der Waals surface area contributed by atoms with Gasteiger partial charge in [-0.25, -0.2) is 0 Å². The third-order valence-corrected chi connectivity index (χ3v) is 1.11. The Hall–Kier alpha value is 0.916. The molecule has 0 bridgehead atoms. The van der Waals surface area contributed by atoms with Gasteiger partial charge in [0.25, 0.3) is 0 Å². The van der Waals surface area contributed by atoms with Gasteiger partial charge in [0, 0.05) is 6.66 Å². The Morgan fingerprint density at radius 2 is 2.12 bits per heavy atom. The second kappa shape index (κ2) is 4.76. The molecule has 8 heavy (non-hydrogen) atoms. The molecule has 0 rings (SSSR count). The fourth-order valence-electron chi connectivity index (χ4n) is 0.240. The fraction of sp³-hybridized carbons (Fsp3) is 1.00. The monoisotopic (exact) mass is 150 g/mol. The van der Waals surface area contributed by atoms with Gasteiger partial charge in [0.15, 0.2) is 0 Å². The van der Waals surface area contributed by atoms with Gasteiger partial charge in [0.05, 0.1) is 6.61 Å². The lowest BCUT2D eigenvalue weighted by Crippen LogP contribution is -1.83. The Morgan fingerprint density at radius 1 is 1.75 bits per heavy atom. The fourth-order valence-corrected chi connectivity index (χ4v) is 0.719. The molecule has 0 aliphatic heterocycles. The second-order valence-electron chi connectivity index (χ2n) is 1.22. The molecule has 0 aliphatic rings. The summed E-state index contributed by atoms with van der Waals surface area (Å²) in [5.74, 6) is 0. The van der Waals surface area contributed by atoms with Crippen LogP contribution in [0, 0.1) is 0 Å². The number of rotatable bonds is 2. The first-order valence-corrected chi connectivity index (χ1v) is 4.03. The molecule has 1 unspecified atom stereocenters. The van der Waals surface area contributed by atoms with Crippen molar-refractivity contribution in [3.05, 3.63) is 0 Å². The molecule has 0 aromatic heterocycles. The van der Waals surface area contributed by atoms with Crippen molar-refractivity contribution in [2.45, 2.75) is 6.92 Å². The van der Waals surface area contributed by atoms with Crippen LogP contribution >= 0.6 is 7.60 Å². The van der Waals surface area contributed by atoms with Crippen LogP contribution in [-0.4, -0.2) is 41.2 Å². The molecule has 0 aromatic carbocycles. The summed E-state index contributed by atoms with van der Waals surface area (Å²) in [6, 6.07) is 0. The highest BCUT2D eigenvalue weighted by Gasteiger charge is 2.05. The standard InChI is InChI=1S/C3H9O3P.Mg.2H/c1-3-6-7(2,4)5;;;/h3H2,1-2H3,(H,4,5);;;. The van der Waals surface area contributed by atoms with E-state index in [2.05, 4.69) is 4.52 Å². The Labute approximate surface area is 65.1 Å². The molecule has 0 radical (unpaired) electrons. The van der Waals surface area contributed by atoms with E-state index in [4.69, 9.17) is 4.89 Å². The third kappa shape index (κ3) is 10.0. The van der Waals surface area contributed by atoms with Gasteiger partial charge in [-0.05, 0) is 6.92 Å². The topological polar surface area (TPSA) is 46.5 Å². The molecule has 0 aromatic rings. The SMILES string of the molecule is CCOP(C)(=O)O.[MgH2]. The molecule has 5 heteroatoms. The zero-order chi connectivity index (χ0) is 5.91. The zero-order valence-electron chi connectivity index (χ0n) is 4.42. The normalized spacial score (nSPS) is 16.4. The summed E-state index contributed by atoms with van der Waals surface area (Å²) >= 11 is 0. The van der Waals surface area contributed by atoms with Crippen LogP contribution < -0.4 is 0 Å². The molecular formula is C3H11MgO3P. The molecule has 0 heterocycles. The lowest BCUT2D eigenvalue weighted by molar-refractivity contribution is 0.279. The second-order valence-corrected chi connectivity index (χ2v) is 3.08. The van der Waals surface area contributed by atoms with Gasteiger partial charge >= 0.3 is 30.6 Å². The zero-order valence-corrected chi connectivity index (χ0v) is 5.31. The largest absolute Gasteiger partial charge is 0.325 e. The smallest absolute Gasteiger partial charge is 0.324 e. The summed E-state index contributed by atoms with van der Waals surface area (Å²) in [6.45, 7) is 3.13. The van der Waals surface area contributed by atoms with Crippen molar-refractivity contribution in [1.29, 1.82) is 0 Å². The van der Waals surface area contributed by atoms with Crippen LogP contribution in [0.4, 0.5) is 0 Å². The maximum absolute atomic E-state index is 10.1. The molecule has 0 saturated carbocycles. The predicted molar refractivity (Wildman–Crippen MR) is 35.9 cm³/mol. The van der Waals surface area contributed by atoms with E-state index >= 15 is 0 Å². The highest BCUT2D eigenvalue weighted by molar-refractivity contribution is 7.51. The predicted octanol–water partition coefficient (Wildman–Crippen LogP) is -0.0781.